The second kappa shape index (κ2) is 5.28. The van der Waals surface area contributed by atoms with Crippen LogP contribution in [0, 0.1) is 0 Å². The highest BCUT2D eigenvalue weighted by molar-refractivity contribution is 5.89. The standard InChI is InChI=1S/C7H14N10O2/c1-15(2)5-12-6(16(10)3(8)18)14-7(13-5)17(11)4(9)19/h10-11H2,1-2H3,(H2,8,18)(H2,9,19). The first kappa shape index (κ1) is 14.3. The van der Waals surface area contributed by atoms with Crippen molar-refractivity contribution in [2.24, 2.45) is 23.2 Å². The van der Waals surface area contributed by atoms with E-state index >= 15 is 0 Å². The largest absolute Gasteiger partial charge is 0.350 e. The van der Waals surface area contributed by atoms with Gasteiger partial charge >= 0.3 is 12.1 Å². The van der Waals surface area contributed by atoms with Gasteiger partial charge in [0.25, 0.3) is 11.9 Å². The van der Waals surface area contributed by atoms with Crippen LogP contribution < -0.4 is 38.1 Å². The highest BCUT2D eigenvalue weighted by Crippen LogP contribution is 2.14. The van der Waals surface area contributed by atoms with E-state index in [1.807, 2.05) is 0 Å². The van der Waals surface area contributed by atoms with Crippen molar-refractivity contribution in [2.75, 3.05) is 29.0 Å². The molecule has 19 heavy (non-hydrogen) atoms. The molecule has 8 N–H and O–H groups in total. The Morgan fingerprint density at radius 1 is 0.842 bits per heavy atom. The quantitative estimate of drug-likeness (QED) is 0.262. The second-order valence-corrected chi connectivity index (χ2v) is 3.55. The number of urea groups is 2. The maximum absolute atomic E-state index is 11.0. The van der Waals surface area contributed by atoms with Gasteiger partial charge in [-0.1, -0.05) is 0 Å². The number of hydrogen-bond donors (Lipinski definition) is 4. The predicted octanol–water partition coefficient (Wildman–Crippen LogP) is -2.54. The Kier molecular flexibility index (Phi) is 3.98. The van der Waals surface area contributed by atoms with Gasteiger partial charge in [-0.05, 0) is 0 Å². The fourth-order valence-corrected chi connectivity index (χ4v) is 0.956. The number of aromatic nitrogens is 3. The normalized spacial score (nSPS) is 9.89. The molecule has 0 bridgehead atoms. The number of hydrogen-bond acceptors (Lipinski definition) is 8. The van der Waals surface area contributed by atoms with Crippen LogP contribution in [-0.4, -0.2) is 41.1 Å². The van der Waals surface area contributed by atoms with Crippen molar-refractivity contribution in [2.45, 2.75) is 0 Å². The molecule has 0 aliphatic heterocycles. The van der Waals surface area contributed by atoms with Crippen molar-refractivity contribution in [1.29, 1.82) is 0 Å². The summed E-state index contributed by atoms with van der Waals surface area (Å²) in [7, 11) is 3.25. The van der Waals surface area contributed by atoms with Crippen molar-refractivity contribution in [3.8, 4) is 0 Å². The van der Waals surface area contributed by atoms with Gasteiger partial charge in [-0.25, -0.2) is 21.3 Å². The van der Waals surface area contributed by atoms with Crippen molar-refractivity contribution >= 4 is 29.9 Å². The minimum Gasteiger partial charge on any atom is -0.350 e. The fourth-order valence-electron chi connectivity index (χ4n) is 0.956. The maximum Gasteiger partial charge on any atom is 0.336 e. The Morgan fingerprint density at radius 3 is 1.42 bits per heavy atom. The first-order valence-corrected chi connectivity index (χ1v) is 4.86. The lowest BCUT2D eigenvalue weighted by atomic mass is 10.7. The zero-order valence-corrected chi connectivity index (χ0v) is 10.3. The summed E-state index contributed by atoms with van der Waals surface area (Å²) in [5, 5.41) is 0.958. The van der Waals surface area contributed by atoms with Crippen molar-refractivity contribution in [3.63, 3.8) is 0 Å². The van der Waals surface area contributed by atoms with Crippen molar-refractivity contribution < 1.29 is 9.59 Å². The summed E-state index contributed by atoms with van der Waals surface area (Å²) in [4.78, 5) is 34.9. The van der Waals surface area contributed by atoms with Gasteiger partial charge in [0.05, 0.1) is 0 Å². The van der Waals surface area contributed by atoms with Crippen LogP contribution in [0.2, 0.25) is 0 Å². The lowest BCUT2D eigenvalue weighted by Crippen LogP contribution is -2.45. The molecule has 0 saturated carbocycles. The number of carbonyl (C=O) groups is 2. The van der Waals surface area contributed by atoms with Crippen LogP contribution in [0.3, 0.4) is 0 Å². The smallest absolute Gasteiger partial charge is 0.336 e. The molecule has 1 aromatic rings. The van der Waals surface area contributed by atoms with Gasteiger partial charge in [0, 0.05) is 14.1 Å². The van der Waals surface area contributed by atoms with E-state index in [9.17, 15) is 9.59 Å². The molecule has 12 heteroatoms. The summed E-state index contributed by atoms with van der Waals surface area (Å²) < 4.78 is 0. The van der Waals surface area contributed by atoms with Crippen LogP contribution in [0.15, 0.2) is 0 Å². The number of amides is 4. The van der Waals surface area contributed by atoms with Gasteiger partial charge in [0.1, 0.15) is 0 Å². The molecule has 0 aliphatic rings. The molecular formula is C7H14N10O2. The third-order valence-corrected chi connectivity index (χ3v) is 1.91. The molecule has 0 fully saturated rings. The second-order valence-electron chi connectivity index (χ2n) is 3.55. The molecule has 0 atom stereocenters. The van der Waals surface area contributed by atoms with Crippen LogP contribution in [-0.2, 0) is 0 Å². The molecule has 0 saturated heterocycles. The molecular weight excluding hydrogens is 256 g/mol. The molecule has 0 aliphatic carbocycles. The lowest BCUT2D eigenvalue weighted by molar-refractivity contribution is 0.253. The molecule has 104 valence electrons. The van der Waals surface area contributed by atoms with Gasteiger partial charge in [-0.2, -0.15) is 25.0 Å². The molecule has 1 aromatic heterocycles. The molecule has 0 spiro atoms. The molecule has 0 radical (unpaired) electrons. The molecule has 12 nitrogen and oxygen atoms in total. The van der Waals surface area contributed by atoms with Gasteiger partial charge < -0.3 is 16.4 Å². The monoisotopic (exact) mass is 270 g/mol. The van der Waals surface area contributed by atoms with Gasteiger partial charge in [-0.3, -0.25) is 0 Å². The Labute approximate surface area is 107 Å². The fraction of sp³-hybridized carbons (Fsp3) is 0.286. The van der Waals surface area contributed by atoms with Crippen LogP contribution in [0.4, 0.5) is 27.4 Å². The van der Waals surface area contributed by atoms with Crippen LogP contribution in [0.5, 0.6) is 0 Å². The van der Waals surface area contributed by atoms with E-state index in [-0.39, 0.29) is 17.8 Å². The summed E-state index contributed by atoms with van der Waals surface area (Å²) in [6.07, 6.45) is 0. The topological polar surface area (TPSA) is 187 Å². The minimum absolute atomic E-state index is 0.105. The molecule has 0 aromatic carbocycles. The number of primary amides is 2. The van der Waals surface area contributed by atoms with E-state index in [0.717, 1.165) is 0 Å². The maximum atomic E-state index is 11.0. The van der Waals surface area contributed by atoms with Crippen LogP contribution >= 0.6 is 0 Å². The first-order chi connectivity index (χ1) is 8.73. The zero-order chi connectivity index (χ0) is 14.7. The summed E-state index contributed by atoms with van der Waals surface area (Å²) in [5.74, 6) is 10.3. The Morgan fingerprint density at radius 2 is 1.16 bits per heavy atom. The van der Waals surface area contributed by atoms with Crippen LogP contribution in [0.25, 0.3) is 0 Å². The lowest BCUT2D eigenvalue weighted by Gasteiger charge is -2.18. The summed E-state index contributed by atoms with van der Waals surface area (Å²) in [6, 6.07) is -1.99. The van der Waals surface area contributed by atoms with Gasteiger partial charge in [0.2, 0.25) is 5.95 Å². The summed E-state index contributed by atoms with van der Waals surface area (Å²) in [6.45, 7) is 0. The third kappa shape index (κ3) is 3.14. The molecule has 1 rings (SSSR count). The van der Waals surface area contributed by atoms with E-state index < -0.39 is 12.1 Å². The van der Waals surface area contributed by atoms with E-state index in [4.69, 9.17) is 23.2 Å². The Hall–Kier alpha value is -2.73. The number of anilines is 3. The Bertz CT molecular complexity index is 464. The number of rotatable bonds is 3. The SMILES string of the molecule is CN(C)c1nc(N(N)C(N)=O)nc(N(N)C(N)=O)n1. The molecule has 1 heterocycles. The Balaban J connectivity index is 3.33. The van der Waals surface area contributed by atoms with Crippen molar-refractivity contribution in [1.82, 2.24) is 15.0 Å². The molecule has 4 amide bonds. The van der Waals surface area contributed by atoms with Gasteiger partial charge in [0.15, 0.2) is 0 Å². The molecule has 0 unspecified atom stereocenters. The number of nitrogens with two attached hydrogens (primary N) is 4. The van der Waals surface area contributed by atoms with Gasteiger partial charge in [-0.15, -0.1) is 0 Å². The summed E-state index contributed by atoms with van der Waals surface area (Å²) >= 11 is 0. The number of hydrazine groups is 2. The predicted molar refractivity (Wildman–Crippen MR) is 66.7 cm³/mol. The number of carbonyl (C=O) groups excluding carboxylic acids is 2. The zero-order valence-electron chi connectivity index (χ0n) is 10.3. The highest BCUT2D eigenvalue weighted by atomic mass is 16.2. The van der Waals surface area contributed by atoms with E-state index in [2.05, 4.69) is 15.0 Å². The van der Waals surface area contributed by atoms with E-state index in [1.165, 1.54) is 4.90 Å². The highest BCUT2D eigenvalue weighted by Gasteiger charge is 2.19. The first-order valence-electron chi connectivity index (χ1n) is 4.86. The summed E-state index contributed by atoms with van der Waals surface area (Å²) in [5.41, 5.74) is 9.98. The van der Waals surface area contributed by atoms with E-state index in [0.29, 0.717) is 10.0 Å². The minimum atomic E-state index is -0.996. The average molecular weight is 270 g/mol. The average Bonchev–Trinajstić information content (AvgIpc) is 2.35. The van der Waals surface area contributed by atoms with E-state index in [1.54, 1.807) is 14.1 Å². The number of nitrogens with zero attached hydrogens (tertiary/aromatic N) is 6. The van der Waals surface area contributed by atoms with Crippen LogP contribution in [0.1, 0.15) is 0 Å². The third-order valence-electron chi connectivity index (χ3n) is 1.91. The van der Waals surface area contributed by atoms with Crippen molar-refractivity contribution in [3.05, 3.63) is 0 Å².